The lowest BCUT2D eigenvalue weighted by Crippen LogP contribution is -2.48. The van der Waals surface area contributed by atoms with Gasteiger partial charge >= 0.3 is 0 Å². The number of rotatable bonds is 2. The third-order valence-corrected chi connectivity index (χ3v) is 6.20. The molecule has 2 bridgehead atoms. The van der Waals surface area contributed by atoms with Gasteiger partial charge in [0, 0.05) is 49.2 Å². The second-order valence-electron chi connectivity index (χ2n) is 8.38. The van der Waals surface area contributed by atoms with Gasteiger partial charge in [0.1, 0.15) is 11.4 Å². The Labute approximate surface area is 179 Å². The number of ether oxygens (including phenoxy) is 1. The molecule has 0 saturated carbocycles. The molecule has 1 aliphatic carbocycles. The number of nitrogen functional groups attached to an aromatic ring is 1. The normalized spacial score (nSPS) is 23.1. The number of amides is 2. The van der Waals surface area contributed by atoms with Crippen LogP contribution in [0.5, 0.6) is 0 Å². The molecule has 162 valence electrons. The van der Waals surface area contributed by atoms with Crippen molar-refractivity contribution < 1.29 is 14.3 Å². The maximum Gasteiger partial charge on any atom is 0.274 e. The van der Waals surface area contributed by atoms with Crippen molar-refractivity contribution in [2.45, 2.75) is 31.7 Å². The van der Waals surface area contributed by atoms with E-state index in [1.54, 1.807) is 4.90 Å². The molecule has 2 atom stereocenters. The van der Waals surface area contributed by atoms with Gasteiger partial charge < -0.3 is 20.3 Å². The number of nitrogens with zero attached hydrogens (tertiary/aromatic N) is 6. The van der Waals surface area contributed by atoms with Gasteiger partial charge in [0.15, 0.2) is 0 Å². The van der Waals surface area contributed by atoms with Gasteiger partial charge in [-0.2, -0.15) is 0 Å². The number of aromatic nitrogens is 4. The zero-order valence-electron chi connectivity index (χ0n) is 17.2. The van der Waals surface area contributed by atoms with Crippen molar-refractivity contribution >= 4 is 17.8 Å². The first-order chi connectivity index (χ1) is 15.1. The quantitative estimate of drug-likeness (QED) is 0.733. The molecule has 2 aliphatic heterocycles. The van der Waals surface area contributed by atoms with Crippen LogP contribution in [0.4, 0.5) is 5.95 Å². The van der Waals surface area contributed by atoms with Crippen molar-refractivity contribution in [3.05, 3.63) is 41.2 Å². The number of carbonyl (C=O) groups excluding carboxylic acids is 2. The van der Waals surface area contributed by atoms with E-state index in [0.717, 1.165) is 36.9 Å². The molecule has 31 heavy (non-hydrogen) atoms. The largest absolute Gasteiger partial charge is 0.379 e. The van der Waals surface area contributed by atoms with Crippen molar-refractivity contribution in [3.8, 4) is 0 Å². The smallest absolute Gasteiger partial charge is 0.274 e. The molecular weight excluding hydrogens is 398 g/mol. The Kier molecular flexibility index (Phi) is 5.23. The summed E-state index contributed by atoms with van der Waals surface area (Å²) in [6.45, 7) is 2.25. The summed E-state index contributed by atoms with van der Waals surface area (Å²) in [7, 11) is 0. The molecule has 2 amide bonds. The average molecular weight is 423 g/mol. The lowest BCUT2D eigenvalue weighted by atomic mass is 9.94. The van der Waals surface area contributed by atoms with Crippen LogP contribution in [0.3, 0.4) is 0 Å². The van der Waals surface area contributed by atoms with Gasteiger partial charge in [-0.25, -0.2) is 15.0 Å². The molecule has 10 heteroatoms. The number of aryl methyl sites for hydroxylation is 1. The summed E-state index contributed by atoms with van der Waals surface area (Å²) in [5.74, 6) is -0.186. The number of carbonyl (C=O) groups is 2. The fraction of sp³-hybridized carbons (Fsp3) is 0.524. The summed E-state index contributed by atoms with van der Waals surface area (Å²) >= 11 is 0. The molecule has 4 heterocycles. The van der Waals surface area contributed by atoms with Crippen molar-refractivity contribution in [1.82, 2.24) is 29.7 Å². The van der Waals surface area contributed by atoms with Crippen LogP contribution in [-0.2, 0) is 17.6 Å². The van der Waals surface area contributed by atoms with Gasteiger partial charge in [-0.15, -0.1) is 0 Å². The van der Waals surface area contributed by atoms with Crippen LogP contribution in [0.25, 0.3) is 0 Å². The summed E-state index contributed by atoms with van der Waals surface area (Å²) in [4.78, 5) is 47.1. The predicted molar refractivity (Wildman–Crippen MR) is 110 cm³/mol. The Hall–Kier alpha value is -3.14. The monoisotopic (exact) mass is 423 g/mol. The van der Waals surface area contributed by atoms with E-state index in [0.29, 0.717) is 44.2 Å². The Morgan fingerprint density at radius 1 is 1.03 bits per heavy atom. The second-order valence-corrected chi connectivity index (χ2v) is 8.38. The Morgan fingerprint density at radius 2 is 1.90 bits per heavy atom. The standard InChI is InChI=1S/C21H25N7O3/c22-21-25-16-4-2-1-3-15(16)18(26-21)20(30)28-9-13-8-27(10-14(28)12-31-11-13)19(29)17-7-23-5-6-24-17/h5-7,13-14H,1-4,8-12H2,(H2,22,25,26)/t13-,14-/m0/s1. The van der Waals surface area contributed by atoms with Crippen LogP contribution in [0, 0.1) is 5.92 Å². The van der Waals surface area contributed by atoms with E-state index in [4.69, 9.17) is 10.5 Å². The number of nitrogens with two attached hydrogens (primary N) is 1. The molecule has 10 nitrogen and oxygen atoms in total. The molecule has 2 aromatic heterocycles. The zero-order chi connectivity index (χ0) is 21.4. The van der Waals surface area contributed by atoms with Crippen molar-refractivity contribution in [2.24, 2.45) is 5.92 Å². The lowest BCUT2D eigenvalue weighted by molar-refractivity contribution is 0.0376. The summed E-state index contributed by atoms with van der Waals surface area (Å²) in [6, 6.07) is -0.268. The molecule has 0 aromatic carbocycles. The maximum absolute atomic E-state index is 13.7. The van der Waals surface area contributed by atoms with Crippen LogP contribution in [0.2, 0.25) is 0 Å². The highest BCUT2D eigenvalue weighted by Gasteiger charge is 2.39. The van der Waals surface area contributed by atoms with Crippen LogP contribution >= 0.6 is 0 Å². The Balaban J connectivity index is 1.44. The first-order valence-corrected chi connectivity index (χ1v) is 10.7. The number of hydrogen-bond acceptors (Lipinski definition) is 8. The number of anilines is 1. The third kappa shape index (κ3) is 3.83. The molecule has 2 aromatic rings. The minimum Gasteiger partial charge on any atom is -0.379 e. The fourth-order valence-electron chi connectivity index (χ4n) is 4.76. The molecular formula is C21H25N7O3. The molecule has 0 radical (unpaired) electrons. The summed E-state index contributed by atoms with van der Waals surface area (Å²) in [5, 5.41) is 0. The maximum atomic E-state index is 13.7. The zero-order valence-corrected chi connectivity index (χ0v) is 17.2. The first-order valence-electron chi connectivity index (χ1n) is 10.7. The summed E-state index contributed by atoms with van der Waals surface area (Å²) < 4.78 is 5.83. The second kappa shape index (κ2) is 8.18. The Bertz CT molecular complexity index is 1000. The van der Waals surface area contributed by atoms with Crippen LogP contribution < -0.4 is 5.73 Å². The van der Waals surface area contributed by atoms with Gasteiger partial charge in [-0.1, -0.05) is 0 Å². The van der Waals surface area contributed by atoms with E-state index in [1.807, 2.05) is 4.90 Å². The highest BCUT2D eigenvalue weighted by Crippen LogP contribution is 2.27. The highest BCUT2D eigenvalue weighted by atomic mass is 16.5. The van der Waals surface area contributed by atoms with Gasteiger partial charge in [0.05, 0.1) is 25.5 Å². The molecule has 2 saturated heterocycles. The van der Waals surface area contributed by atoms with Gasteiger partial charge in [-0.3, -0.25) is 14.6 Å². The van der Waals surface area contributed by atoms with Crippen molar-refractivity contribution in [3.63, 3.8) is 0 Å². The van der Waals surface area contributed by atoms with Crippen LogP contribution in [0.15, 0.2) is 18.6 Å². The van der Waals surface area contributed by atoms with E-state index in [-0.39, 0.29) is 29.7 Å². The van der Waals surface area contributed by atoms with Crippen LogP contribution in [0.1, 0.15) is 45.1 Å². The van der Waals surface area contributed by atoms with Gasteiger partial charge in [0.2, 0.25) is 5.95 Å². The molecule has 5 rings (SSSR count). The lowest BCUT2D eigenvalue weighted by Gasteiger charge is -2.31. The Morgan fingerprint density at radius 3 is 2.74 bits per heavy atom. The third-order valence-electron chi connectivity index (χ3n) is 6.20. The molecule has 2 N–H and O–H groups in total. The number of fused-ring (bicyclic) bond motifs is 4. The van der Waals surface area contributed by atoms with Crippen molar-refractivity contribution in [2.75, 3.05) is 38.6 Å². The number of hydrogen-bond donors (Lipinski definition) is 1. The first kappa shape index (κ1) is 19.8. The van der Waals surface area contributed by atoms with E-state index in [2.05, 4.69) is 19.9 Å². The minimum atomic E-state index is -0.268. The molecule has 2 fully saturated rings. The summed E-state index contributed by atoms with van der Waals surface area (Å²) in [6.07, 6.45) is 8.17. The van der Waals surface area contributed by atoms with Gasteiger partial charge in [-0.05, 0) is 25.7 Å². The van der Waals surface area contributed by atoms with E-state index < -0.39 is 0 Å². The van der Waals surface area contributed by atoms with E-state index in [9.17, 15) is 9.59 Å². The molecule has 0 unspecified atom stereocenters. The predicted octanol–water partition coefficient (Wildman–Crippen LogP) is 0.341. The van der Waals surface area contributed by atoms with E-state index >= 15 is 0 Å². The van der Waals surface area contributed by atoms with Crippen molar-refractivity contribution in [1.29, 1.82) is 0 Å². The minimum absolute atomic E-state index is 0.00656. The summed E-state index contributed by atoms with van der Waals surface area (Å²) in [5.41, 5.74) is 8.44. The topological polar surface area (TPSA) is 127 Å². The fourth-order valence-corrected chi connectivity index (χ4v) is 4.76. The molecule has 0 spiro atoms. The van der Waals surface area contributed by atoms with Crippen LogP contribution in [-0.4, -0.2) is 80.4 Å². The highest BCUT2D eigenvalue weighted by molar-refractivity contribution is 5.95. The SMILES string of the molecule is Nc1nc2c(c(C(=O)N3C[C@H]4COC[C@@H]3CN(C(=O)c3cnccn3)C4)n1)CCCC2. The van der Waals surface area contributed by atoms with E-state index in [1.165, 1.54) is 18.6 Å². The van der Waals surface area contributed by atoms with Gasteiger partial charge in [0.25, 0.3) is 11.8 Å². The molecule has 3 aliphatic rings. The average Bonchev–Trinajstić information content (AvgIpc) is 3.09.